The van der Waals surface area contributed by atoms with Crippen LogP contribution < -0.4 is 10.6 Å². The van der Waals surface area contributed by atoms with Crippen molar-refractivity contribution in [3.63, 3.8) is 0 Å². The summed E-state index contributed by atoms with van der Waals surface area (Å²) >= 11 is 0. The minimum absolute atomic E-state index is 0.138. The van der Waals surface area contributed by atoms with Crippen molar-refractivity contribution in [1.29, 1.82) is 0 Å². The van der Waals surface area contributed by atoms with E-state index in [2.05, 4.69) is 10.6 Å². The number of likely N-dealkylation sites (N-methyl/N-ethyl adjacent to an activating group) is 1. The molecule has 0 radical (unpaired) electrons. The van der Waals surface area contributed by atoms with Gasteiger partial charge in [0.15, 0.2) is 9.84 Å². The van der Waals surface area contributed by atoms with Gasteiger partial charge in [0.25, 0.3) is 0 Å². The molecule has 0 aromatic carbocycles. The van der Waals surface area contributed by atoms with E-state index in [1.807, 2.05) is 27.7 Å². The first-order valence-corrected chi connectivity index (χ1v) is 10.2. The van der Waals surface area contributed by atoms with E-state index in [0.717, 1.165) is 25.8 Å². The third-order valence-electron chi connectivity index (χ3n) is 4.37. The lowest BCUT2D eigenvalue weighted by Crippen LogP contribution is -2.49. The Balaban J connectivity index is 2.76. The van der Waals surface area contributed by atoms with Gasteiger partial charge in [-0.1, -0.05) is 40.0 Å². The van der Waals surface area contributed by atoms with Crippen molar-refractivity contribution in [1.82, 2.24) is 10.6 Å². The zero-order valence-corrected chi connectivity index (χ0v) is 15.2. The fraction of sp³-hybridized carbons (Fsp3) is 0.938. The van der Waals surface area contributed by atoms with Gasteiger partial charge in [0.1, 0.15) is 5.25 Å². The van der Waals surface area contributed by atoms with Gasteiger partial charge in [0.05, 0.1) is 5.25 Å². The lowest BCUT2D eigenvalue weighted by molar-refractivity contribution is -0.121. The van der Waals surface area contributed by atoms with Crippen LogP contribution in [0.2, 0.25) is 0 Å². The normalized spacial score (nSPS) is 19.9. The molecule has 1 aliphatic carbocycles. The Bertz CT molecular complexity index is 442. The number of rotatable bonds is 8. The molecule has 1 rings (SSSR count). The lowest BCUT2D eigenvalue weighted by Gasteiger charge is -2.28. The highest BCUT2D eigenvalue weighted by Gasteiger charge is 2.40. The van der Waals surface area contributed by atoms with E-state index in [4.69, 9.17) is 0 Å². The molecule has 6 heteroatoms. The smallest absolute Gasteiger partial charge is 0.238 e. The summed E-state index contributed by atoms with van der Waals surface area (Å²) in [6.45, 7) is 8.89. The summed E-state index contributed by atoms with van der Waals surface area (Å²) in [5.74, 6) is -0.549. The standard InChI is InChI=1S/C16H32N2O3S/c1-5-17-13(4)11-18-16(19)15(12(2)3)22(20,21)14-9-7-6-8-10-14/h12-15,17H,5-11H2,1-4H3,(H,18,19)/t13-,15?/m1/s1. The van der Waals surface area contributed by atoms with Crippen LogP contribution in [0.5, 0.6) is 0 Å². The van der Waals surface area contributed by atoms with Gasteiger partial charge < -0.3 is 10.6 Å². The fourth-order valence-corrected chi connectivity index (χ4v) is 5.75. The predicted molar refractivity (Wildman–Crippen MR) is 90.6 cm³/mol. The quantitative estimate of drug-likeness (QED) is 0.711. The average molecular weight is 333 g/mol. The highest BCUT2D eigenvalue weighted by atomic mass is 32.2. The Morgan fingerprint density at radius 2 is 1.73 bits per heavy atom. The average Bonchev–Trinajstić information content (AvgIpc) is 2.46. The monoisotopic (exact) mass is 332 g/mol. The van der Waals surface area contributed by atoms with Gasteiger partial charge in [0.2, 0.25) is 5.91 Å². The third-order valence-corrected chi connectivity index (χ3v) is 7.24. The maximum Gasteiger partial charge on any atom is 0.238 e. The number of amides is 1. The van der Waals surface area contributed by atoms with Gasteiger partial charge in [-0.25, -0.2) is 8.42 Å². The van der Waals surface area contributed by atoms with E-state index in [9.17, 15) is 13.2 Å². The van der Waals surface area contributed by atoms with Crippen LogP contribution in [0.25, 0.3) is 0 Å². The SMILES string of the molecule is CCN[C@H](C)CNC(=O)C(C(C)C)S(=O)(=O)C1CCCCC1. The van der Waals surface area contributed by atoms with Gasteiger partial charge in [0, 0.05) is 12.6 Å². The van der Waals surface area contributed by atoms with Crippen LogP contribution in [0, 0.1) is 5.92 Å². The minimum atomic E-state index is -3.42. The molecule has 2 atom stereocenters. The van der Waals surface area contributed by atoms with Gasteiger partial charge in [-0.2, -0.15) is 0 Å². The van der Waals surface area contributed by atoms with E-state index in [1.54, 1.807) is 0 Å². The van der Waals surface area contributed by atoms with Crippen LogP contribution in [0.15, 0.2) is 0 Å². The van der Waals surface area contributed by atoms with Crippen molar-refractivity contribution >= 4 is 15.7 Å². The van der Waals surface area contributed by atoms with Gasteiger partial charge in [-0.05, 0) is 32.2 Å². The summed E-state index contributed by atoms with van der Waals surface area (Å²) in [6.07, 6.45) is 4.41. The maximum absolute atomic E-state index is 12.9. The number of sulfone groups is 1. The van der Waals surface area contributed by atoms with Gasteiger partial charge >= 0.3 is 0 Å². The van der Waals surface area contributed by atoms with E-state index < -0.39 is 15.1 Å². The lowest BCUT2D eigenvalue weighted by atomic mass is 10.0. The molecule has 0 saturated heterocycles. The largest absolute Gasteiger partial charge is 0.353 e. The molecule has 1 saturated carbocycles. The van der Waals surface area contributed by atoms with Gasteiger partial charge in [-0.15, -0.1) is 0 Å². The number of nitrogens with one attached hydrogen (secondary N) is 2. The van der Waals surface area contributed by atoms with Gasteiger partial charge in [-0.3, -0.25) is 4.79 Å². The second-order valence-corrected chi connectivity index (χ2v) is 9.07. The fourth-order valence-electron chi connectivity index (χ4n) is 3.21. The molecule has 1 unspecified atom stereocenters. The van der Waals surface area contributed by atoms with E-state index in [0.29, 0.717) is 19.4 Å². The topological polar surface area (TPSA) is 75.3 Å². The molecule has 1 aliphatic rings. The van der Waals surface area contributed by atoms with Crippen molar-refractivity contribution in [3.05, 3.63) is 0 Å². The molecule has 0 aromatic rings. The predicted octanol–water partition coefficient (Wildman–Crippen LogP) is 1.87. The number of carbonyl (C=O) groups excluding carboxylic acids is 1. The molecule has 0 bridgehead atoms. The highest BCUT2D eigenvalue weighted by Crippen LogP contribution is 2.29. The molecule has 22 heavy (non-hydrogen) atoms. The Morgan fingerprint density at radius 3 is 2.23 bits per heavy atom. The molecule has 0 aromatic heterocycles. The molecule has 130 valence electrons. The first-order chi connectivity index (χ1) is 10.3. The van der Waals surface area contributed by atoms with E-state index in [1.165, 1.54) is 0 Å². The number of hydrogen-bond donors (Lipinski definition) is 2. The van der Waals surface area contributed by atoms with Crippen molar-refractivity contribution in [2.75, 3.05) is 13.1 Å². The maximum atomic E-state index is 12.9. The van der Waals surface area contributed by atoms with Crippen LogP contribution in [0.4, 0.5) is 0 Å². The summed E-state index contributed by atoms with van der Waals surface area (Å²) in [5, 5.41) is 4.75. The summed E-state index contributed by atoms with van der Waals surface area (Å²) in [7, 11) is -3.42. The van der Waals surface area contributed by atoms with E-state index in [-0.39, 0.29) is 23.1 Å². The summed E-state index contributed by atoms with van der Waals surface area (Å²) < 4.78 is 25.7. The Labute approximate surface area is 135 Å². The summed E-state index contributed by atoms with van der Waals surface area (Å²) in [6, 6.07) is 0.138. The highest BCUT2D eigenvalue weighted by molar-refractivity contribution is 7.93. The summed E-state index contributed by atoms with van der Waals surface area (Å²) in [4.78, 5) is 12.5. The molecule has 2 N–H and O–H groups in total. The molecular formula is C16H32N2O3S. The Hall–Kier alpha value is -0.620. The molecule has 1 fully saturated rings. The van der Waals surface area contributed by atoms with Crippen LogP contribution >= 0.6 is 0 Å². The number of carbonyl (C=O) groups is 1. The van der Waals surface area contributed by atoms with Crippen molar-refractivity contribution in [2.45, 2.75) is 76.3 Å². The molecule has 0 heterocycles. The van der Waals surface area contributed by atoms with Crippen LogP contribution in [0.1, 0.15) is 59.8 Å². The van der Waals surface area contributed by atoms with Crippen LogP contribution in [-0.4, -0.2) is 44.0 Å². The number of hydrogen-bond acceptors (Lipinski definition) is 4. The second-order valence-electron chi connectivity index (χ2n) is 6.72. The van der Waals surface area contributed by atoms with Crippen molar-refractivity contribution in [2.24, 2.45) is 5.92 Å². The first kappa shape index (κ1) is 19.4. The first-order valence-electron chi connectivity index (χ1n) is 8.54. The van der Waals surface area contributed by atoms with Crippen LogP contribution in [0.3, 0.4) is 0 Å². The summed E-state index contributed by atoms with van der Waals surface area (Å²) in [5.41, 5.74) is 0. The zero-order valence-electron chi connectivity index (χ0n) is 14.4. The molecule has 1 amide bonds. The molecular weight excluding hydrogens is 300 g/mol. The second kappa shape index (κ2) is 8.87. The minimum Gasteiger partial charge on any atom is -0.353 e. The van der Waals surface area contributed by atoms with Crippen molar-refractivity contribution in [3.8, 4) is 0 Å². The van der Waals surface area contributed by atoms with Crippen molar-refractivity contribution < 1.29 is 13.2 Å². The molecule has 5 nitrogen and oxygen atoms in total. The third kappa shape index (κ3) is 5.23. The zero-order chi connectivity index (χ0) is 16.8. The Kier molecular flexibility index (Phi) is 7.83. The molecule has 0 aliphatic heterocycles. The Morgan fingerprint density at radius 1 is 1.14 bits per heavy atom. The molecule has 0 spiro atoms. The van der Waals surface area contributed by atoms with E-state index >= 15 is 0 Å². The van der Waals surface area contributed by atoms with Crippen LogP contribution in [-0.2, 0) is 14.6 Å².